The van der Waals surface area contributed by atoms with Gasteiger partial charge in [-0.3, -0.25) is 4.98 Å². The standard InChI is InChI=1S/C13H11N3S/c1-8-3-2-4-11-12(8)16-13(17-11)10-6-5-9(14)7-15-10/h2-7H,14H2,1H3. The molecule has 3 aromatic rings. The van der Waals surface area contributed by atoms with E-state index in [1.54, 1.807) is 17.5 Å². The van der Waals surface area contributed by atoms with Gasteiger partial charge >= 0.3 is 0 Å². The number of nitrogen functional groups attached to an aromatic ring is 1. The van der Waals surface area contributed by atoms with E-state index >= 15 is 0 Å². The zero-order chi connectivity index (χ0) is 11.8. The largest absolute Gasteiger partial charge is 0.397 e. The van der Waals surface area contributed by atoms with Crippen LogP contribution in [0, 0.1) is 6.92 Å². The summed E-state index contributed by atoms with van der Waals surface area (Å²) in [6.07, 6.45) is 1.66. The highest BCUT2D eigenvalue weighted by Crippen LogP contribution is 2.30. The molecule has 1 aromatic carbocycles. The molecule has 3 rings (SSSR count). The van der Waals surface area contributed by atoms with Crippen molar-refractivity contribution >= 4 is 27.2 Å². The molecule has 0 aliphatic carbocycles. The lowest BCUT2D eigenvalue weighted by Crippen LogP contribution is -1.87. The van der Waals surface area contributed by atoms with Crippen molar-refractivity contribution in [2.24, 2.45) is 0 Å². The molecule has 0 aliphatic heterocycles. The molecule has 0 spiro atoms. The number of aromatic nitrogens is 2. The zero-order valence-electron chi connectivity index (χ0n) is 9.34. The lowest BCUT2D eigenvalue weighted by Gasteiger charge is -1.95. The van der Waals surface area contributed by atoms with Gasteiger partial charge in [0.25, 0.3) is 0 Å². The topological polar surface area (TPSA) is 51.8 Å². The van der Waals surface area contributed by atoms with Crippen molar-refractivity contribution in [1.29, 1.82) is 0 Å². The molecule has 0 saturated heterocycles. The van der Waals surface area contributed by atoms with E-state index in [4.69, 9.17) is 5.73 Å². The molecule has 84 valence electrons. The van der Waals surface area contributed by atoms with Gasteiger partial charge in [0, 0.05) is 0 Å². The molecule has 17 heavy (non-hydrogen) atoms. The summed E-state index contributed by atoms with van der Waals surface area (Å²) in [4.78, 5) is 8.92. The van der Waals surface area contributed by atoms with Gasteiger partial charge < -0.3 is 5.73 Å². The third-order valence-corrected chi connectivity index (χ3v) is 3.67. The fourth-order valence-electron chi connectivity index (χ4n) is 1.73. The Morgan fingerprint density at radius 2 is 2.06 bits per heavy atom. The molecule has 0 unspecified atom stereocenters. The van der Waals surface area contributed by atoms with E-state index in [1.807, 2.05) is 12.1 Å². The van der Waals surface area contributed by atoms with Gasteiger partial charge in [0.15, 0.2) is 0 Å². The lowest BCUT2D eigenvalue weighted by atomic mass is 10.2. The Bertz CT molecular complexity index is 671. The van der Waals surface area contributed by atoms with E-state index in [0.29, 0.717) is 5.69 Å². The van der Waals surface area contributed by atoms with Crippen molar-refractivity contribution in [3.63, 3.8) is 0 Å². The van der Waals surface area contributed by atoms with Crippen molar-refractivity contribution in [1.82, 2.24) is 9.97 Å². The predicted molar refractivity (Wildman–Crippen MR) is 72.0 cm³/mol. The SMILES string of the molecule is Cc1cccc2sc(-c3ccc(N)cn3)nc12. The second kappa shape index (κ2) is 3.82. The monoisotopic (exact) mass is 241 g/mol. The van der Waals surface area contributed by atoms with Crippen LogP contribution in [0.1, 0.15) is 5.56 Å². The number of hydrogen-bond acceptors (Lipinski definition) is 4. The first kappa shape index (κ1) is 10.2. The summed E-state index contributed by atoms with van der Waals surface area (Å²) in [5.74, 6) is 0. The van der Waals surface area contributed by atoms with Crippen LogP contribution >= 0.6 is 11.3 Å². The fraction of sp³-hybridized carbons (Fsp3) is 0.0769. The molecule has 4 heteroatoms. The maximum absolute atomic E-state index is 5.62. The molecule has 2 heterocycles. The molecule has 0 saturated carbocycles. The highest BCUT2D eigenvalue weighted by Gasteiger charge is 2.08. The predicted octanol–water partition coefficient (Wildman–Crippen LogP) is 3.25. The molecule has 0 aliphatic rings. The van der Waals surface area contributed by atoms with Crippen LogP contribution in [-0.4, -0.2) is 9.97 Å². The Morgan fingerprint density at radius 3 is 2.76 bits per heavy atom. The first-order valence-corrected chi connectivity index (χ1v) is 6.14. The molecule has 0 bridgehead atoms. The van der Waals surface area contributed by atoms with Gasteiger partial charge in [0.1, 0.15) is 5.01 Å². The number of benzene rings is 1. The minimum absolute atomic E-state index is 0.672. The van der Waals surface area contributed by atoms with Crippen molar-refractivity contribution in [2.75, 3.05) is 5.73 Å². The number of hydrogen-bond donors (Lipinski definition) is 1. The van der Waals surface area contributed by atoms with Crippen molar-refractivity contribution in [3.05, 3.63) is 42.1 Å². The average Bonchev–Trinajstić information content (AvgIpc) is 2.75. The van der Waals surface area contributed by atoms with Gasteiger partial charge in [-0.1, -0.05) is 12.1 Å². The number of rotatable bonds is 1. The van der Waals surface area contributed by atoms with Gasteiger partial charge in [-0.25, -0.2) is 4.98 Å². The summed E-state index contributed by atoms with van der Waals surface area (Å²) in [6, 6.07) is 9.96. The van der Waals surface area contributed by atoms with Crippen LogP contribution in [0.15, 0.2) is 36.5 Å². The highest BCUT2D eigenvalue weighted by molar-refractivity contribution is 7.21. The summed E-state index contributed by atoms with van der Waals surface area (Å²) in [7, 11) is 0. The third kappa shape index (κ3) is 1.76. The number of nitrogens with two attached hydrogens (primary N) is 1. The molecule has 0 atom stereocenters. The van der Waals surface area contributed by atoms with Gasteiger partial charge in [0.05, 0.1) is 27.8 Å². The Kier molecular flexibility index (Phi) is 2.30. The number of aryl methyl sites for hydroxylation is 1. The van der Waals surface area contributed by atoms with Crippen molar-refractivity contribution < 1.29 is 0 Å². The van der Waals surface area contributed by atoms with Gasteiger partial charge in [-0.15, -0.1) is 11.3 Å². The summed E-state index contributed by atoms with van der Waals surface area (Å²) in [5.41, 5.74) is 9.43. The Labute approximate surface area is 103 Å². The molecular formula is C13H11N3S. The first-order chi connectivity index (χ1) is 8.24. The average molecular weight is 241 g/mol. The van der Waals surface area contributed by atoms with E-state index in [-0.39, 0.29) is 0 Å². The molecular weight excluding hydrogens is 230 g/mol. The second-order valence-corrected chi connectivity index (χ2v) is 4.95. The maximum atomic E-state index is 5.62. The van der Waals surface area contributed by atoms with E-state index in [0.717, 1.165) is 16.2 Å². The Hall–Kier alpha value is -1.94. The third-order valence-electron chi connectivity index (χ3n) is 2.63. The van der Waals surface area contributed by atoms with Gasteiger partial charge in [-0.05, 0) is 30.7 Å². The van der Waals surface area contributed by atoms with Crippen LogP contribution in [0.2, 0.25) is 0 Å². The van der Waals surface area contributed by atoms with E-state index in [2.05, 4.69) is 35.1 Å². The van der Waals surface area contributed by atoms with Gasteiger partial charge in [0.2, 0.25) is 0 Å². The Morgan fingerprint density at radius 1 is 1.18 bits per heavy atom. The van der Waals surface area contributed by atoms with Crippen LogP contribution in [-0.2, 0) is 0 Å². The second-order valence-electron chi connectivity index (χ2n) is 3.92. The molecule has 2 N–H and O–H groups in total. The van der Waals surface area contributed by atoms with Crippen molar-refractivity contribution in [3.8, 4) is 10.7 Å². The summed E-state index contributed by atoms with van der Waals surface area (Å²) >= 11 is 1.66. The van der Waals surface area contributed by atoms with E-state index < -0.39 is 0 Å². The Balaban J connectivity index is 2.18. The number of thiazole rings is 1. The van der Waals surface area contributed by atoms with Crippen LogP contribution in [0.3, 0.4) is 0 Å². The van der Waals surface area contributed by atoms with E-state index in [1.165, 1.54) is 10.3 Å². The number of fused-ring (bicyclic) bond motifs is 1. The maximum Gasteiger partial charge on any atom is 0.143 e. The normalized spacial score (nSPS) is 10.9. The summed E-state index contributed by atoms with van der Waals surface area (Å²) < 4.78 is 1.19. The molecule has 0 radical (unpaired) electrons. The van der Waals surface area contributed by atoms with Gasteiger partial charge in [-0.2, -0.15) is 0 Å². The summed E-state index contributed by atoms with van der Waals surface area (Å²) in [6.45, 7) is 2.07. The first-order valence-electron chi connectivity index (χ1n) is 5.32. The molecule has 0 fully saturated rings. The number of pyridine rings is 1. The number of anilines is 1. The lowest BCUT2D eigenvalue weighted by molar-refractivity contribution is 1.30. The van der Waals surface area contributed by atoms with Crippen LogP contribution < -0.4 is 5.73 Å². The van der Waals surface area contributed by atoms with Crippen molar-refractivity contribution in [2.45, 2.75) is 6.92 Å². The summed E-state index contributed by atoms with van der Waals surface area (Å²) in [5, 5.41) is 0.939. The van der Waals surface area contributed by atoms with Crippen LogP contribution in [0.5, 0.6) is 0 Å². The minimum atomic E-state index is 0.672. The minimum Gasteiger partial charge on any atom is -0.397 e. The smallest absolute Gasteiger partial charge is 0.143 e. The van der Waals surface area contributed by atoms with E-state index in [9.17, 15) is 0 Å². The quantitative estimate of drug-likeness (QED) is 0.711. The van der Waals surface area contributed by atoms with Crippen LogP contribution in [0.4, 0.5) is 5.69 Å². The van der Waals surface area contributed by atoms with Crippen LogP contribution in [0.25, 0.3) is 20.9 Å². The zero-order valence-corrected chi connectivity index (χ0v) is 10.2. The highest BCUT2D eigenvalue weighted by atomic mass is 32.1. The molecule has 3 nitrogen and oxygen atoms in total. The molecule has 0 amide bonds. The molecule has 2 aromatic heterocycles. The fourth-order valence-corrected chi connectivity index (χ4v) is 2.75. The number of nitrogens with zero attached hydrogens (tertiary/aromatic N) is 2. The number of para-hydroxylation sites is 1.